The van der Waals surface area contributed by atoms with Gasteiger partial charge >= 0.3 is 6.18 Å². The van der Waals surface area contributed by atoms with E-state index in [1.54, 1.807) is 13.1 Å². The van der Waals surface area contributed by atoms with Crippen LogP contribution in [0, 0.1) is 0 Å². The van der Waals surface area contributed by atoms with Crippen LogP contribution in [-0.4, -0.2) is 45.1 Å². The van der Waals surface area contributed by atoms with Gasteiger partial charge in [-0.2, -0.15) is 13.2 Å². The molecule has 156 valence electrons. The number of unbranched alkanes of at least 4 members (excludes halogenated alkanes) is 4. The molecule has 0 aromatic heterocycles. The summed E-state index contributed by atoms with van der Waals surface area (Å²) in [4.78, 5) is 6.30. The van der Waals surface area contributed by atoms with Crippen molar-refractivity contribution in [3.63, 3.8) is 0 Å². The SMILES string of the molecule is CN=C(NCCCCCCCN(C)C)NCc1cccc(C(F)(F)F)c1.I. The molecule has 0 heterocycles. The maximum atomic E-state index is 12.7. The molecule has 0 unspecified atom stereocenters. The van der Waals surface area contributed by atoms with E-state index in [0.29, 0.717) is 18.1 Å². The van der Waals surface area contributed by atoms with E-state index in [1.807, 2.05) is 0 Å². The van der Waals surface area contributed by atoms with Gasteiger partial charge < -0.3 is 15.5 Å². The van der Waals surface area contributed by atoms with Crippen molar-refractivity contribution in [1.29, 1.82) is 0 Å². The summed E-state index contributed by atoms with van der Waals surface area (Å²) in [7, 11) is 5.83. The Morgan fingerprint density at radius 2 is 1.70 bits per heavy atom. The minimum absolute atomic E-state index is 0. The summed E-state index contributed by atoms with van der Waals surface area (Å²) >= 11 is 0. The van der Waals surface area contributed by atoms with Crippen molar-refractivity contribution < 1.29 is 13.2 Å². The Bertz CT molecular complexity index is 548. The molecule has 2 N–H and O–H groups in total. The van der Waals surface area contributed by atoms with Crippen LogP contribution in [0.25, 0.3) is 0 Å². The molecule has 1 rings (SSSR count). The fourth-order valence-corrected chi connectivity index (χ4v) is 2.55. The number of nitrogens with zero attached hydrogens (tertiary/aromatic N) is 2. The maximum Gasteiger partial charge on any atom is 0.416 e. The van der Waals surface area contributed by atoms with Gasteiger partial charge in [0.1, 0.15) is 0 Å². The first-order chi connectivity index (χ1) is 12.3. The quantitative estimate of drug-likeness (QED) is 0.215. The fourth-order valence-electron chi connectivity index (χ4n) is 2.55. The lowest BCUT2D eigenvalue weighted by molar-refractivity contribution is -0.137. The number of nitrogens with one attached hydrogen (secondary N) is 2. The molecule has 0 aliphatic carbocycles. The average molecular weight is 500 g/mol. The lowest BCUT2D eigenvalue weighted by atomic mass is 10.1. The zero-order valence-corrected chi connectivity index (χ0v) is 18.7. The minimum atomic E-state index is -4.32. The largest absolute Gasteiger partial charge is 0.416 e. The van der Waals surface area contributed by atoms with Gasteiger partial charge in [-0.05, 0) is 51.2 Å². The molecule has 0 fully saturated rings. The normalized spacial score (nSPS) is 12.0. The number of benzene rings is 1. The molecule has 0 bridgehead atoms. The molecule has 4 nitrogen and oxygen atoms in total. The van der Waals surface area contributed by atoms with Crippen LogP contribution in [0.3, 0.4) is 0 Å². The van der Waals surface area contributed by atoms with E-state index in [4.69, 9.17) is 0 Å². The van der Waals surface area contributed by atoms with E-state index in [9.17, 15) is 13.2 Å². The van der Waals surface area contributed by atoms with Crippen LogP contribution in [0.2, 0.25) is 0 Å². The van der Waals surface area contributed by atoms with Crippen molar-refractivity contribution in [2.45, 2.75) is 44.8 Å². The molecule has 0 saturated heterocycles. The monoisotopic (exact) mass is 500 g/mol. The van der Waals surface area contributed by atoms with Gasteiger partial charge in [0.2, 0.25) is 0 Å². The molecular weight excluding hydrogens is 468 g/mol. The van der Waals surface area contributed by atoms with Crippen LogP contribution in [0.1, 0.15) is 43.2 Å². The number of rotatable bonds is 10. The maximum absolute atomic E-state index is 12.7. The van der Waals surface area contributed by atoms with Gasteiger partial charge in [0.05, 0.1) is 5.56 Å². The van der Waals surface area contributed by atoms with Crippen LogP contribution in [0.4, 0.5) is 13.2 Å². The molecule has 1 aromatic carbocycles. The first kappa shape index (κ1) is 26.0. The van der Waals surface area contributed by atoms with E-state index in [-0.39, 0.29) is 24.0 Å². The van der Waals surface area contributed by atoms with Crippen molar-refractivity contribution in [3.8, 4) is 0 Å². The third-order valence-electron chi connectivity index (χ3n) is 4.01. The van der Waals surface area contributed by atoms with Crippen LogP contribution in [0.15, 0.2) is 29.3 Å². The van der Waals surface area contributed by atoms with E-state index in [1.165, 1.54) is 25.3 Å². The first-order valence-electron chi connectivity index (χ1n) is 9.08. The third kappa shape index (κ3) is 12.1. The number of alkyl halides is 3. The van der Waals surface area contributed by atoms with E-state index < -0.39 is 11.7 Å². The Morgan fingerprint density at radius 1 is 1.04 bits per heavy atom. The topological polar surface area (TPSA) is 39.7 Å². The smallest absolute Gasteiger partial charge is 0.356 e. The van der Waals surface area contributed by atoms with Crippen molar-refractivity contribution >= 4 is 29.9 Å². The summed E-state index contributed by atoms with van der Waals surface area (Å²) < 4.78 is 38.2. The minimum Gasteiger partial charge on any atom is -0.356 e. The molecule has 0 aliphatic rings. The highest BCUT2D eigenvalue weighted by Crippen LogP contribution is 2.29. The van der Waals surface area contributed by atoms with Gasteiger partial charge in [0, 0.05) is 20.1 Å². The number of halogens is 4. The summed E-state index contributed by atoms with van der Waals surface area (Å²) in [5.74, 6) is 0.606. The highest BCUT2D eigenvalue weighted by Gasteiger charge is 2.30. The predicted octanol–water partition coefficient (Wildman–Crippen LogP) is 4.50. The van der Waals surface area contributed by atoms with Crippen molar-refractivity contribution in [2.75, 3.05) is 34.2 Å². The summed E-state index contributed by atoms with van der Waals surface area (Å²) in [5, 5.41) is 6.26. The number of guanidine groups is 1. The zero-order chi connectivity index (χ0) is 19.4. The number of hydrogen-bond acceptors (Lipinski definition) is 2. The Morgan fingerprint density at radius 3 is 2.33 bits per heavy atom. The van der Waals surface area contributed by atoms with Crippen LogP contribution >= 0.6 is 24.0 Å². The lowest BCUT2D eigenvalue weighted by Gasteiger charge is -2.13. The summed E-state index contributed by atoms with van der Waals surface area (Å²) in [5.41, 5.74) is -0.0577. The Kier molecular flexibility index (Phi) is 13.5. The van der Waals surface area contributed by atoms with Gasteiger partial charge in [-0.3, -0.25) is 4.99 Å². The Balaban J connectivity index is 0.00000676. The second kappa shape index (κ2) is 14.0. The molecule has 27 heavy (non-hydrogen) atoms. The average Bonchev–Trinajstić information content (AvgIpc) is 2.59. The summed E-state index contributed by atoms with van der Waals surface area (Å²) in [6, 6.07) is 5.33. The molecule has 1 aromatic rings. The molecule has 0 saturated carbocycles. The second-order valence-corrected chi connectivity index (χ2v) is 6.62. The van der Waals surface area contributed by atoms with Crippen LogP contribution in [0.5, 0.6) is 0 Å². The fraction of sp³-hybridized carbons (Fsp3) is 0.632. The van der Waals surface area contributed by atoms with Crippen molar-refractivity contribution in [2.24, 2.45) is 4.99 Å². The van der Waals surface area contributed by atoms with Gasteiger partial charge in [-0.25, -0.2) is 0 Å². The van der Waals surface area contributed by atoms with Crippen LogP contribution in [-0.2, 0) is 12.7 Å². The van der Waals surface area contributed by atoms with Crippen LogP contribution < -0.4 is 10.6 Å². The van der Waals surface area contributed by atoms with E-state index >= 15 is 0 Å². The first-order valence-corrected chi connectivity index (χ1v) is 9.08. The van der Waals surface area contributed by atoms with Crippen molar-refractivity contribution in [3.05, 3.63) is 35.4 Å². The predicted molar refractivity (Wildman–Crippen MR) is 117 cm³/mol. The molecule has 8 heteroatoms. The molecule has 0 aliphatic heterocycles. The molecular formula is C19H32F3IN4. The van der Waals surface area contributed by atoms with Crippen molar-refractivity contribution in [1.82, 2.24) is 15.5 Å². The summed E-state index contributed by atoms with van der Waals surface area (Å²) in [6.45, 7) is 2.23. The highest BCUT2D eigenvalue weighted by atomic mass is 127. The van der Waals surface area contributed by atoms with Gasteiger partial charge in [0.15, 0.2) is 5.96 Å². The molecule has 0 radical (unpaired) electrons. The lowest BCUT2D eigenvalue weighted by Crippen LogP contribution is -2.37. The number of aliphatic imine (C=N–C) groups is 1. The van der Waals surface area contributed by atoms with E-state index in [0.717, 1.165) is 38.1 Å². The Hall–Kier alpha value is -1.03. The zero-order valence-electron chi connectivity index (χ0n) is 16.4. The molecule has 0 amide bonds. The van der Waals surface area contributed by atoms with E-state index in [2.05, 4.69) is 34.6 Å². The van der Waals surface area contributed by atoms with Gasteiger partial charge in [-0.15, -0.1) is 24.0 Å². The highest BCUT2D eigenvalue weighted by molar-refractivity contribution is 14.0. The molecule has 0 atom stereocenters. The Labute approximate surface area is 178 Å². The number of hydrogen-bond donors (Lipinski definition) is 2. The third-order valence-corrected chi connectivity index (χ3v) is 4.01. The molecule has 0 spiro atoms. The standard InChI is InChI=1S/C19H31F3N4.HI/c1-23-18(24-12-7-5-4-6-8-13-26(2)3)25-15-16-10-9-11-17(14-16)19(20,21)22;/h9-11,14H,4-8,12-13,15H2,1-3H3,(H2,23,24,25);1H. The van der Waals surface area contributed by atoms with Gasteiger partial charge in [0.25, 0.3) is 0 Å². The van der Waals surface area contributed by atoms with Gasteiger partial charge in [-0.1, -0.05) is 31.4 Å². The summed E-state index contributed by atoms with van der Waals surface area (Å²) in [6.07, 6.45) is 1.56. The second-order valence-electron chi connectivity index (χ2n) is 6.62.